The molecule has 0 bridgehead atoms. The van der Waals surface area contributed by atoms with Gasteiger partial charge in [0.25, 0.3) is 5.69 Å². The molecule has 1 saturated heterocycles. The van der Waals surface area contributed by atoms with Crippen LogP contribution in [0.15, 0.2) is 48.5 Å². The maximum atomic E-state index is 13.3. The number of piperazine rings is 1. The third kappa shape index (κ3) is 5.42. The Morgan fingerprint density at radius 3 is 2.33 bits per heavy atom. The van der Waals surface area contributed by atoms with Gasteiger partial charge in [0, 0.05) is 63.4 Å². The van der Waals surface area contributed by atoms with E-state index in [-0.39, 0.29) is 17.3 Å². The quantitative estimate of drug-likeness (QED) is 0.425. The smallest absolute Gasteiger partial charge is 0.269 e. The van der Waals surface area contributed by atoms with E-state index in [4.69, 9.17) is 0 Å². The highest BCUT2D eigenvalue weighted by Crippen LogP contribution is 2.14. The van der Waals surface area contributed by atoms with Gasteiger partial charge in [-0.15, -0.1) is 0 Å². The molecular formula is C20H22FN3O3. The molecule has 142 valence electrons. The summed E-state index contributed by atoms with van der Waals surface area (Å²) in [5.41, 5.74) is 1.46. The molecule has 27 heavy (non-hydrogen) atoms. The fraction of sp³-hybridized carbons (Fsp3) is 0.350. The predicted molar refractivity (Wildman–Crippen MR) is 100 cm³/mol. The number of non-ortho nitro benzene ring substituents is 1. The first-order valence-corrected chi connectivity index (χ1v) is 8.98. The second-order valence-electron chi connectivity index (χ2n) is 6.72. The highest BCUT2D eigenvalue weighted by atomic mass is 19.1. The lowest BCUT2D eigenvalue weighted by molar-refractivity contribution is -0.384. The van der Waals surface area contributed by atoms with Gasteiger partial charge >= 0.3 is 0 Å². The van der Waals surface area contributed by atoms with Crippen molar-refractivity contribution >= 4 is 11.5 Å². The monoisotopic (exact) mass is 371 g/mol. The normalized spacial score (nSPS) is 15.6. The van der Waals surface area contributed by atoms with Gasteiger partial charge in [-0.05, 0) is 29.8 Å². The first kappa shape index (κ1) is 19.1. The number of nitro groups is 1. The number of rotatable bonds is 7. The SMILES string of the molecule is O=C(CCN1CCN(Cc2cccc(F)c2)CC1)c1ccc([N+](=O)[O-])cc1. The summed E-state index contributed by atoms with van der Waals surface area (Å²) in [7, 11) is 0. The first-order valence-electron chi connectivity index (χ1n) is 8.98. The largest absolute Gasteiger partial charge is 0.300 e. The Kier molecular flexibility index (Phi) is 6.26. The van der Waals surface area contributed by atoms with Gasteiger partial charge in [0.15, 0.2) is 5.78 Å². The molecule has 0 unspecified atom stereocenters. The van der Waals surface area contributed by atoms with Gasteiger partial charge in [0.1, 0.15) is 5.82 Å². The molecule has 0 saturated carbocycles. The Balaban J connectivity index is 1.42. The lowest BCUT2D eigenvalue weighted by atomic mass is 10.1. The fourth-order valence-corrected chi connectivity index (χ4v) is 3.24. The van der Waals surface area contributed by atoms with Crippen LogP contribution in [-0.2, 0) is 6.54 Å². The Morgan fingerprint density at radius 1 is 1.04 bits per heavy atom. The van der Waals surface area contributed by atoms with Crippen molar-refractivity contribution in [3.05, 3.63) is 75.6 Å². The van der Waals surface area contributed by atoms with Gasteiger partial charge in [0.05, 0.1) is 4.92 Å². The van der Waals surface area contributed by atoms with Gasteiger partial charge in [-0.1, -0.05) is 12.1 Å². The zero-order valence-electron chi connectivity index (χ0n) is 15.0. The van der Waals surface area contributed by atoms with E-state index in [1.807, 2.05) is 6.07 Å². The van der Waals surface area contributed by atoms with Crippen LogP contribution in [-0.4, -0.2) is 53.2 Å². The Morgan fingerprint density at radius 2 is 1.70 bits per heavy atom. The Labute approximate surface area is 157 Å². The van der Waals surface area contributed by atoms with Crippen LogP contribution >= 0.6 is 0 Å². The molecule has 0 spiro atoms. The van der Waals surface area contributed by atoms with E-state index in [9.17, 15) is 19.3 Å². The number of hydrogen-bond donors (Lipinski definition) is 0. The van der Waals surface area contributed by atoms with E-state index in [1.54, 1.807) is 12.1 Å². The van der Waals surface area contributed by atoms with Crippen LogP contribution in [0.1, 0.15) is 22.3 Å². The van der Waals surface area contributed by atoms with Crippen molar-refractivity contribution in [3.63, 3.8) is 0 Å². The zero-order chi connectivity index (χ0) is 19.2. The van der Waals surface area contributed by atoms with Crippen molar-refractivity contribution in [1.29, 1.82) is 0 Å². The molecule has 6 nitrogen and oxygen atoms in total. The number of nitrogens with zero attached hydrogens (tertiary/aromatic N) is 3. The minimum Gasteiger partial charge on any atom is -0.300 e. The van der Waals surface area contributed by atoms with Crippen molar-refractivity contribution in [2.24, 2.45) is 0 Å². The second kappa shape index (κ2) is 8.83. The molecule has 7 heteroatoms. The van der Waals surface area contributed by atoms with E-state index < -0.39 is 4.92 Å². The van der Waals surface area contributed by atoms with E-state index in [1.165, 1.54) is 30.3 Å². The van der Waals surface area contributed by atoms with Crippen molar-refractivity contribution in [2.75, 3.05) is 32.7 Å². The number of Topliss-reactive ketones (excluding diaryl/α,β-unsaturated/α-hetero) is 1. The van der Waals surface area contributed by atoms with Crippen molar-refractivity contribution < 1.29 is 14.1 Å². The highest BCUT2D eigenvalue weighted by molar-refractivity contribution is 5.96. The van der Waals surface area contributed by atoms with Crippen molar-refractivity contribution in [3.8, 4) is 0 Å². The molecule has 2 aromatic carbocycles. The zero-order valence-corrected chi connectivity index (χ0v) is 15.0. The standard InChI is InChI=1S/C20H22FN3O3/c21-18-3-1-2-16(14-18)15-23-12-10-22(11-13-23)9-8-20(25)17-4-6-19(7-5-17)24(26)27/h1-7,14H,8-13,15H2. The summed E-state index contributed by atoms with van der Waals surface area (Å²) in [6.07, 6.45) is 0.391. The minimum absolute atomic E-state index is 0.00733. The predicted octanol–water partition coefficient (Wildman–Crippen LogP) is 3.12. The van der Waals surface area contributed by atoms with Crippen LogP contribution in [0.2, 0.25) is 0 Å². The Bertz CT molecular complexity index is 802. The molecular weight excluding hydrogens is 349 g/mol. The van der Waals surface area contributed by atoms with E-state index in [2.05, 4.69) is 9.80 Å². The third-order valence-corrected chi connectivity index (χ3v) is 4.82. The maximum absolute atomic E-state index is 13.3. The molecule has 0 radical (unpaired) electrons. The molecule has 3 rings (SSSR count). The van der Waals surface area contributed by atoms with Gasteiger partial charge in [-0.2, -0.15) is 0 Å². The lowest BCUT2D eigenvalue weighted by Gasteiger charge is -2.34. The first-order chi connectivity index (χ1) is 13.0. The molecule has 2 aromatic rings. The molecule has 1 heterocycles. The summed E-state index contributed by atoms with van der Waals surface area (Å²) in [6, 6.07) is 12.4. The molecule has 0 aliphatic carbocycles. The summed E-state index contributed by atoms with van der Waals surface area (Å²) in [6.45, 7) is 4.88. The molecule has 0 N–H and O–H groups in total. The fourth-order valence-electron chi connectivity index (χ4n) is 3.24. The summed E-state index contributed by atoms with van der Waals surface area (Å²) < 4.78 is 13.3. The average molecular weight is 371 g/mol. The summed E-state index contributed by atoms with van der Waals surface area (Å²) in [5.74, 6) is -0.219. The van der Waals surface area contributed by atoms with Gasteiger partial charge in [-0.3, -0.25) is 19.8 Å². The minimum atomic E-state index is -0.475. The number of hydrogen-bond acceptors (Lipinski definition) is 5. The highest BCUT2D eigenvalue weighted by Gasteiger charge is 2.18. The topological polar surface area (TPSA) is 66.7 Å². The van der Waals surface area contributed by atoms with E-state index in [0.717, 1.165) is 38.3 Å². The van der Waals surface area contributed by atoms with Crippen LogP contribution < -0.4 is 0 Å². The van der Waals surface area contributed by atoms with Crippen LogP contribution in [0.25, 0.3) is 0 Å². The summed E-state index contributed by atoms with van der Waals surface area (Å²) in [5, 5.41) is 10.7. The van der Waals surface area contributed by atoms with E-state index >= 15 is 0 Å². The second-order valence-corrected chi connectivity index (χ2v) is 6.72. The number of halogens is 1. The van der Waals surface area contributed by atoms with Gasteiger partial charge in [0.2, 0.25) is 0 Å². The summed E-state index contributed by atoms with van der Waals surface area (Å²) >= 11 is 0. The van der Waals surface area contributed by atoms with Gasteiger partial charge in [-0.25, -0.2) is 4.39 Å². The number of benzene rings is 2. The van der Waals surface area contributed by atoms with Crippen molar-refractivity contribution in [1.82, 2.24) is 9.80 Å². The number of carbonyl (C=O) groups excluding carboxylic acids is 1. The van der Waals surface area contributed by atoms with E-state index in [0.29, 0.717) is 18.5 Å². The molecule has 1 fully saturated rings. The van der Waals surface area contributed by atoms with Crippen molar-refractivity contribution in [2.45, 2.75) is 13.0 Å². The molecule has 0 aromatic heterocycles. The number of carbonyl (C=O) groups is 1. The molecule has 0 atom stereocenters. The molecule has 1 aliphatic rings. The van der Waals surface area contributed by atoms with Crippen LogP contribution in [0, 0.1) is 15.9 Å². The molecule has 0 amide bonds. The average Bonchev–Trinajstić information content (AvgIpc) is 2.67. The summed E-state index contributed by atoms with van der Waals surface area (Å²) in [4.78, 5) is 27.0. The van der Waals surface area contributed by atoms with Gasteiger partial charge < -0.3 is 4.90 Å². The van der Waals surface area contributed by atoms with Crippen LogP contribution in [0.5, 0.6) is 0 Å². The molecule has 1 aliphatic heterocycles. The third-order valence-electron chi connectivity index (χ3n) is 4.82. The number of nitro benzene ring substituents is 1. The number of ketones is 1. The Hall–Kier alpha value is -2.64. The van der Waals surface area contributed by atoms with Crippen LogP contribution in [0.4, 0.5) is 10.1 Å². The maximum Gasteiger partial charge on any atom is 0.269 e. The van der Waals surface area contributed by atoms with Crippen LogP contribution in [0.3, 0.4) is 0 Å². The lowest BCUT2D eigenvalue weighted by Crippen LogP contribution is -2.46.